The number of nitro benzene ring substituents is 2. The van der Waals surface area contributed by atoms with E-state index < -0.39 is 86.3 Å². The number of carbonyl (C=O) groups is 1. The second-order valence-electron chi connectivity index (χ2n) is 28.4. The number of aryl methyl sites for hydroxylation is 3. The molecule has 0 saturated carbocycles. The molecule has 3 aromatic carbocycles. The zero-order valence-electron chi connectivity index (χ0n) is 60.2. The molecule has 4 unspecified atom stereocenters. The molecule has 9 saturated heterocycles. The molecule has 18 atom stereocenters. The lowest BCUT2D eigenvalue weighted by Gasteiger charge is -2.32. The van der Waals surface area contributed by atoms with Crippen molar-refractivity contribution in [2.75, 3.05) is 25.4 Å². The molecule has 106 heavy (non-hydrogen) atoms. The summed E-state index contributed by atoms with van der Waals surface area (Å²) in [5.41, 5.74) is 2.86. The van der Waals surface area contributed by atoms with Gasteiger partial charge in [-0.15, -0.1) is 0 Å². The van der Waals surface area contributed by atoms with Crippen LogP contribution in [0, 0.1) is 41.0 Å². The summed E-state index contributed by atoms with van der Waals surface area (Å²) in [5, 5.41) is 24.7. The van der Waals surface area contributed by atoms with Gasteiger partial charge < -0.3 is 51.6 Å². The molecule has 31 nitrogen and oxygen atoms in total. The fourth-order valence-electron chi connectivity index (χ4n) is 15.5. The second-order valence-corrected chi connectivity index (χ2v) is 34.7. The Labute approximate surface area is 616 Å². The molecule has 15 rings (SSSR count). The van der Waals surface area contributed by atoms with E-state index in [2.05, 4.69) is 42.8 Å². The number of nitro groups is 2. The van der Waals surface area contributed by atoms with E-state index in [1.807, 2.05) is 37.8 Å². The predicted molar refractivity (Wildman–Crippen MR) is 392 cm³/mol. The number of aromatic nitrogens is 4. The monoisotopic (exact) mass is 1540 g/mol. The minimum atomic E-state index is -3.48. The van der Waals surface area contributed by atoms with Gasteiger partial charge in [-0.1, -0.05) is 69.3 Å². The van der Waals surface area contributed by atoms with Crippen molar-refractivity contribution in [1.29, 1.82) is 0 Å². The number of fused-ring (bicyclic) bond motifs is 3. The fourth-order valence-corrected chi connectivity index (χ4v) is 23.0. The van der Waals surface area contributed by atoms with Gasteiger partial charge in [0.25, 0.3) is 54.0 Å². The van der Waals surface area contributed by atoms with Crippen molar-refractivity contribution in [3.8, 4) is 0 Å². The second kappa shape index (κ2) is 33.3. The first-order valence-corrected chi connectivity index (χ1v) is 41.4. The summed E-state index contributed by atoms with van der Waals surface area (Å²) < 4.78 is 93.3. The van der Waals surface area contributed by atoms with E-state index in [4.69, 9.17) is 41.4 Å². The van der Waals surface area contributed by atoms with Crippen molar-refractivity contribution < 1.29 is 64.4 Å². The first kappa shape index (κ1) is 77.5. The highest BCUT2D eigenvalue weighted by atomic mass is 32.2. The molecule has 0 aliphatic carbocycles. The maximum absolute atomic E-state index is 13.1. The van der Waals surface area contributed by atoms with E-state index in [1.54, 1.807) is 63.4 Å². The molecule has 0 radical (unpaired) electrons. The van der Waals surface area contributed by atoms with E-state index in [-0.39, 0.29) is 96.2 Å². The largest absolute Gasteiger partial charge is 0.352 e. The van der Waals surface area contributed by atoms with Gasteiger partial charge in [0.1, 0.15) is 24.5 Å². The normalized spacial score (nSPS) is 31.4. The van der Waals surface area contributed by atoms with E-state index in [1.165, 1.54) is 45.8 Å². The molecule has 10 aliphatic heterocycles. The molecule has 9 fully saturated rings. The average molecular weight is 1540 g/mol. The molecule has 572 valence electrons. The summed E-state index contributed by atoms with van der Waals surface area (Å²) in [6.45, 7) is 19.7. The Morgan fingerprint density at radius 1 is 0.547 bits per heavy atom. The number of rotatable bonds is 21. The molecule has 0 bridgehead atoms. The summed E-state index contributed by atoms with van der Waals surface area (Å²) in [5.74, 6) is 0.260. The van der Waals surface area contributed by atoms with Gasteiger partial charge in [-0.25, -0.2) is 32.0 Å². The number of non-ortho nitro benzene ring substituents is 2. The van der Waals surface area contributed by atoms with Crippen LogP contribution in [0.1, 0.15) is 145 Å². The Balaban J connectivity index is 0.000000141. The van der Waals surface area contributed by atoms with E-state index in [9.17, 15) is 52.6 Å². The first-order chi connectivity index (χ1) is 50.8. The van der Waals surface area contributed by atoms with Crippen LogP contribution in [0.2, 0.25) is 0 Å². The summed E-state index contributed by atoms with van der Waals surface area (Å²) >= 11 is 0. The van der Waals surface area contributed by atoms with Gasteiger partial charge in [-0.2, -0.15) is 0 Å². The highest BCUT2D eigenvalue weighted by molar-refractivity contribution is 7.91. The Morgan fingerprint density at radius 3 is 1.34 bits per heavy atom. The number of nitrogens with zero attached hydrogens (tertiary/aromatic N) is 8. The molecule has 3 N–H and O–H groups in total. The van der Waals surface area contributed by atoms with Gasteiger partial charge >= 0.3 is 11.4 Å². The van der Waals surface area contributed by atoms with E-state index in [0.29, 0.717) is 59.5 Å². The number of nitrogens with one attached hydrogen (secondary N) is 3. The van der Waals surface area contributed by atoms with Crippen molar-refractivity contribution in [1.82, 2.24) is 43.3 Å². The van der Waals surface area contributed by atoms with Gasteiger partial charge in [0.15, 0.2) is 9.84 Å². The van der Waals surface area contributed by atoms with Gasteiger partial charge in [0, 0.05) is 129 Å². The quantitative estimate of drug-likeness (QED) is 0.0349. The summed E-state index contributed by atoms with van der Waals surface area (Å²) in [4.78, 5) is 88.1. The fraction of sp³-hybridized carbons (Fsp3) is 0.563. The maximum atomic E-state index is 13.1. The zero-order valence-corrected chi connectivity index (χ0v) is 63.7. The van der Waals surface area contributed by atoms with E-state index >= 15 is 0 Å². The van der Waals surface area contributed by atoms with Crippen molar-refractivity contribution >= 4 is 52.7 Å². The van der Waals surface area contributed by atoms with Crippen LogP contribution in [0.15, 0.2) is 133 Å². The number of sulfone groups is 1. The highest BCUT2D eigenvalue weighted by Crippen LogP contribution is 2.61. The molecule has 35 heteroatoms. The molecular formula is C71H92N11O20P3S. The van der Waals surface area contributed by atoms with E-state index in [0.717, 1.165) is 94.1 Å². The minimum absolute atomic E-state index is 0.0391. The van der Waals surface area contributed by atoms with Crippen molar-refractivity contribution in [2.24, 2.45) is 0 Å². The third-order valence-corrected chi connectivity index (χ3v) is 28.5. The van der Waals surface area contributed by atoms with Crippen LogP contribution < -0.4 is 27.8 Å². The summed E-state index contributed by atoms with van der Waals surface area (Å²) in [6.07, 6.45) is 12.9. The minimum Gasteiger partial charge on any atom is -0.352 e. The third-order valence-electron chi connectivity index (χ3n) is 21.2. The average Bonchev–Trinajstić information content (AvgIpc) is 1.64. The Bertz CT molecular complexity index is 4250. The molecule has 5 aromatic rings. The molecule has 1 amide bonds. The third kappa shape index (κ3) is 17.0. The summed E-state index contributed by atoms with van der Waals surface area (Å²) in [6, 6.07) is 20.8. The van der Waals surface area contributed by atoms with Crippen LogP contribution in [-0.2, 0) is 68.8 Å². The van der Waals surface area contributed by atoms with Gasteiger partial charge in [0.2, 0.25) is 0 Å². The Hall–Kier alpha value is -6.67. The van der Waals surface area contributed by atoms with Crippen LogP contribution in [0.3, 0.4) is 0 Å². The van der Waals surface area contributed by atoms with Crippen LogP contribution in [0.5, 0.6) is 0 Å². The molecule has 12 heterocycles. The lowest BCUT2D eigenvalue weighted by atomic mass is 10.0. The SMILES string of the molecule is C=C1NC(=O)C(C)=CN1[C@H]1CC(O[P@@]2O[C@H](CS(=O)(=O)c3ccc(C)cc3)[C@@H]3CCCN32)[C@@H](CC)O1.CC[C@H]1O[C@@H](n2cc(C)c(=O)[nH]c2=O)CC1O[P@@]1OC(Cc2ccc([N+](=O)[O-])cc2)[C@@H]2CCCN21.CC[C@H]1O[C@@H](n2cc(C)c(=O)[nH]c2=O)CC1O[P@]1O[C@@H](Cc2ccc([N+](=O)[O-])cc2)[C@H]2CCCN21. The Kier molecular flexibility index (Phi) is 24.3. The van der Waals surface area contributed by atoms with Crippen molar-refractivity contribution in [3.63, 3.8) is 0 Å². The van der Waals surface area contributed by atoms with Crippen LogP contribution >= 0.6 is 25.6 Å². The number of amides is 1. The van der Waals surface area contributed by atoms with Crippen molar-refractivity contribution in [3.05, 3.63) is 199 Å². The lowest BCUT2D eigenvalue weighted by Crippen LogP contribution is -2.42. The summed E-state index contributed by atoms with van der Waals surface area (Å²) in [7, 11) is -7.46. The molecule has 0 spiro atoms. The highest BCUT2D eigenvalue weighted by Gasteiger charge is 2.54. The predicted octanol–water partition coefficient (Wildman–Crippen LogP) is 9.91. The maximum Gasteiger partial charge on any atom is 0.330 e. The number of carbonyl (C=O) groups excluding carboxylic acids is 1. The number of H-pyrrole nitrogens is 2. The van der Waals surface area contributed by atoms with Gasteiger partial charge in [-0.3, -0.25) is 53.7 Å². The number of benzene rings is 3. The lowest BCUT2D eigenvalue weighted by molar-refractivity contribution is -0.385. The van der Waals surface area contributed by atoms with Crippen LogP contribution in [0.25, 0.3) is 0 Å². The Morgan fingerprint density at radius 2 is 0.934 bits per heavy atom. The number of hydrogen-bond donors (Lipinski definition) is 3. The zero-order chi connectivity index (χ0) is 75.0. The van der Waals surface area contributed by atoms with Crippen molar-refractivity contribution in [2.45, 2.75) is 235 Å². The smallest absolute Gasteiger partial charge is 0.330 e. The van der Waals surface area contributed by atoms with Crippen LogP contribution in [-0.4, -0.2) is 167 Å². The number of hydrogen-bond acceptors (Lipinski definition) is 24. The number of aromatic amines is 2. The van der Waals surface area contributed by atoms with Gasteiger partial charge in [-0.05, 0) is 109 Å². The molecular weight excluding hydrogens is 1450 g/mol. The first-order valence-electron chi connectivity index (χ1n) is 36.4. The van der Waals surface area contributed by atoms with Gasteiger partial charge in [0.05, 0.1) is 75.4 Å². The molecule has 2 aromatic heterocycles. The van der Waals surface area contributed by atoms with Crippen LogP contribution in [0.4, 0.5) is 11.4 Å². The number of ether oxygens (including phenoxy) is 3. The standard InChI is InChI=1S/C25H34N3O6PS.2C23H29N4O7P/c1-5-21-22(13-24(32-21)27-14-17(3)25(29)26-18(27)4)33-35-28-12-6-7-20(28)23(34-35)15-36(30,31)19-10-8-16(2)9-11-19;2*1-3-18-20(12-21(32-18)25-13-14(2)22(28)24-23(25)29)34-35-26-10-4-5-17(26)19(33-35)11-15-6-8-16(9-7-15)27(30)31/h8-11,14,20-24H,4-7,12-13,15H2,1-3H3,(H,26,29);2*6-9,13,17-21H,3-5,10-12H2,1-2H3,(H,24,28,29)/t20-,21+,22?,23+,24+,35-;17-,18+,19?,20?,21+,35+;17-,18-,19+,20?,21-,35+/m001/s1. The topological polar surface area (TPSA) is 355 Å². The molecule has 10 aliphatic rings.